The van der Waals surface area contributed by atoms with E-state index in [9.17, 15) is 4.79 Å². The summed E-state index contributed by atoms with van der Waals surface area (Å²) >= 11 is 3.38. The first-order valence-electron chi connectivity index (χ1n) is 7.96. The number of fused-ring (bicyclic) bond motifs is 3. The normalized spacial score (nSPS) is 12.6. The van der Waals surface area contributed by atoms with Crippen molar-refractivity contribution in [1.29, 1.82) is 0 Å². The number of alkyl carbamates (subject to hydrolysis) is 1. The molecule has 0 saturated carbocycles. The minimum Gasteiger partial charge on any atom is -0.449 e. The lowest BCUT2D eigenvalue weighted by molar-refractivity contribution is 0.143. The second-order valence-corrected chi connectivity index (χ2v) is 6.44. The fourth-order valence-corrected chi connectivity index (χ4v) is 3.46. The fourth-order valence-electron chi connectivity index (χ4n) is 3.06. The molecule has 1 aliphatic rings. The number of unbranched alkanes of at least 4 members (excludes halogenated alkanes) is 1. The van der Waals surface area contributed by atoms with Crippen molar-refractivity contribution < 1.29 is 9.53 Å². The Hall–Kier alpha value is -1.81. The number of ether oxygens (including phenoxy) is 1. The number of halogens is 1. The van der Waals surface area contributed by atoms with Crippen LogP contribution >= 0.6 is 15.9 Å². The number of benzene rings is 2. The van der Waals surface area contributed by atoms with Gasteiger partial charge in [-0.2, -0.15) is 0 Å². The molecule has 2 aromatic carbocycles. The molecule has 2 aromatic rings. The van der Waals surface area contributed by atoms with Gasteiger partial charge >= 0.3 is 6.09 Å². The first-order chi connectivity index (χ1) is 11.3. The van der Waals surface area contributed by atoms with Crippen LogP contribution in [0, 0.1) is 0 Å². The fraction of sp³-hybridized carbons (Fsp3) is 0.316. The van der Waals surface area contributed by atoms with Gasteiger partial charge in [0.1, 0.15) is 6.61 Å². The number of alkyl halides is 1. The SMILES string of the molecule is O=C(NCCCCBr)OCC1c2ccccc2-c2ccccc21. The molecule has 0 unspecified atom stereocenters. The van der Waals surface area contributed by atoms with E-state index >= 15 is 0 Å². The number of hydrogen-bond acceptors (Lipinski definition) is 2. The Balaban J connectivity index is 1.65. The summed E-state index contributed by atoms with van der Waals surface area (Å²) in [6.07, 6.45) is 1.67. The summed E-state index contributed by atoms with van der Waals surface area (Å²) in [6, 6.07) is 16.7. The summed E-state index contributed by atoms with van der Waals surface area (Å²) in [6.45, 7) is 1.03. The lowest BCUT2D eigenvalue weighted by Gasteiger charge is -2.14. The highest BCUT2D eigenvalue weighted by molar-refractivity contribution is 9.09. The average molecular weight is 374 g/mol. The van der Waals surface area contributed by atoms with Crippen molar-refractivity contribution in [3.63, 3.8) is 0 Å². The van der Waals surface area contributed by atoms with Gasteiger partial charge in [-0.3, -0.25) is 0 Å². The van der Waals surface area contributed by atoms with E-state index in [1.807, 2.05) is 12.1 Å². The Morgan fingerprint density at radius 2 is 1.61 bits per heavy atom. The van der Waals surface area contributed by atoms with Gasteiger partial charge in [0.2, 0.25) is 0 Å². The van der Waals surface area contributed by atoms with E-state index in [1.165, 1.54) is 22.3 Å². The van der Waals surface area contributed by atoms with Crippen LogP contribution in [0.1, 0.15) is 29.9 Å². The molecule has 3 nitrogen and oxygen atoms in total. The molecule has 1 amide bonds. The Morgan fingerprint density at radius 3 is 2.22 bits per heavy atom. The highest BCUT2D eigenvalue weighted by atomic mass is 79.9. The minimum absolute atomic E-state index is 0.121. The van der Waals surface area contributed by atoms with Crippen LogP contribution in [0.2, 0.25) is 0 Å². The van der Waals surface area contributed by atoms with Crippen molar-refractivity contribution in [3.8, 4) is 11.1 Å². The van der Waals surface area contributed by atoms with Gasteiger partial charge in [-0.1, -0.05) is 64.5 Å². The van der Waals surface area contributed by atoms with Crippen LogP contribution in [-0.2, 0) is 4.74 Å². The molecule has 120 valence electrons. The predicted molar refractivity (Wildman–Crippen MR) is 96.1 cm³/mol. The van der Waals surface area contributed by atoms with Crippen molar-refractivity contribution in [2.24, 2.45) is 0 Å². The van der Waals surface area contributed by atoms with Crippen LogP contribution in [0.3, 0.4) is 0 Å². The lowest BCUT2D eigenvalue weighted by atomic mass is 9.98. The first kappa shape index (κ1) is 16.1. The molecule has 0 heterocycles. The van der Waals surface area contributed by atoms with Crippen molar-refractivity contribution in [3.05, 3.63) is 59.7 Å². The molecule has 1 aliphatic carbocycles. The third-order valence-electron chi connectivity index (χ3n) is 4.17. The summed E-state index contributed by atoms with van der Waals surface area (Å²) in [4.78, 5) is 11.8. The van der Waals surface area contributed by atoms with Gasteiger partial charge < -0.3 is 10.1 Å². The van der Waals surface area contributed by atoms with E-state index in [2.05, 4.69) is 57.6 Å². The summed E-state index contributed by atoms with van der Waals surface area (Å²) in [5.74, 6) is 0.121. The Kier molecular flexibility index (Phi) is 5.34. The van der Waals surface area contributed by atoms with Crippen molar-refractivity contribution in [2.75, 3.05) is 18.5 Å². The van der Waals surface area contributed by atoms with Gasteiger partial charge in [-0.25, -0.2) is 4.79 Å². The third kappa shape index (κ3) is 3.58. The summed E-state index contributed by atoms with van der Waals surface area (Å²) in [5.41, 5.74) is 4.96. The second kappa shape index (κ2) is 7.64. The van der Waals surface area contributed by atoms with E-state index < -0.39 is 0 Å². The van der Waals surface area contributed by atoms with Crippen molar-refractivity contribution in [1.82, 2.24) is 5.32 Å². The maximum atomic E-state index is 11.8. The first-order valence-corrected chi connectivity index (χ1v) is 9.08. The summed E-state index contributed by atoms with van der Waals surface area (Å²) in [5, 5.41) is 3.77. The molecule has 3 rings (SSSR count). The van der Waals surface area contributed by atoms with E-state index in [0.29, 0.717) is 13.2 Å². The maximum absolute atomic E-state index is 11.8. The molecule has 0 atom stereocenters. The molecule has 1 N–H and O–H groups in total. The Labute approximate surface area is 145 Å². The van der Waals surface area contributed by atoms with Crippen LogP contribution in [-0.4, -0.2) is 24.6 Å². The Bertz CT molecular complexity index is 641. The largest absolute Gasteiger partial charge is 0.449 e. The van der Waals surface area contributed by atoms with E-state index in [0.717, 1.165) is 18.2 Å². The average Bonchev–Trinajstić information content (AvgIpc) is 2.91. The van der Waals surface area contributed by atoms with Crippen molar-refractivity contribution >= 4 is 22.0 Å². The van der Waals surface area contributed by atoms with Gasteiger partial charge in [0.05, 0.1) is 0 Å². The van der Waals surface area contributed by atoms with Crippen LogP contribution in [0.15, 0.2) is 48.5 Å². The molecule has 0 aliphatic heterocycles. The molecule has 0 saturated heterocycles. The summed E-state index contributed by atoms with van der Waals surface area (Å²) in [7, 11) is 0. The van der Waals surface area contributed by atoms with Crippen LogP contribution in [0.4, 0.5) is 4.79 Å². The van der Waals surface area contributed by atoms with Gasteiger partial charge in [-0.15, -0.1) is 0 Å². The topological polar surface area (TPSA) is 38.3 Å². The van der Waals surface area contributed by atoms with Crippen molar-refractivity contribution in [2.45, 2.75) is 18.8 Å². The van der Waals surface area contributed by atoms with E-state index in [1.54, 1.807) is 0 Å². The zero-order valence-corrected chi connectivity index (χ0v) is 14.5. The van der Waals surface area contributed by atoms with Crippen LogP contribution in [0.5, 0.6) is 0 Å². The quantitative estimate of drug-likeness (QED) is 0.588. The van der Waals surface area contributed by atoms with Crippen LogP contribution < -0.4 is 5.32 Å². The highest BCUT2D eigenvalue weighted by Gasteiger charge is 2.28. The summed E-state index contributed by atoms with van der Waals surface area (Å²) < 4.78 is 5.46. The molecule has 0 aromatic heterocycles. The van der Waals surface area contributed by atoms with E-state index in [4.69, 9.17) is 4.74 Å². The molecule has 23 heavy (non-hydrogen) atoms. The van der Waals surface area contributed by atoms with Gasteiger partial charge in [0, 0.05) is 17.8 Å². The van der Waals surface area contributed by atoms with E-state index in [-0.39, 0.29) is 12.0 Å². The van der Waals surface area contributed by atoms with Gasteiger partial charge in [0.25, 0.3) is 0 Å². The number of nitrogens with one attached hydrogen (secondary N) is 1. The predicted octanol–water partition coefficient (Wildman–Crippen LogP) is 4.70. The monoisotopic (exact) mass is 373 g/mol. The molecule has 4 heteroatoms. The van der Waals surface area contributed by atoms with Gasteiger partial charge in [-0.05, 0) is 35.1 Å². The standard InChI is InChI=1S/C19H20BrNO2/c20-11-5-6-12-21-19(22)23-13-18-16-9-3-1-7-14(16)15-8-2-4-10-17(15)18/h1-4,7-10,18H,5-6,11-13H2,(H,21,22). The second-order valence-electron chi connectivity index (χ2n) is 5.65. The molecular weight excluding hydrogens is 354 g/mol. The molecule has 0 bridgehead atoms. The third-order valence-corrected chi connectivity index (χ3v) is 4.73. The molecule has 0 radical (unpaired) electrons. The van der Waals surface area contributed by atoms with Crippen LogP contribution in [0.25, 0.3) is 11.1 Å². The number of carbonyl (C=O) groups is 1. The maximum Gasteiger partial charge on any atom is 0.407 e. The zero-order valence-electron chi connectivity index (χ0n) is 12.9. The molecular formula is C19H20BrNO2. The lowest BCUT2D eigenvalue weighted by Crippen LogP contribution is -2.27. The zero-order chi connectivity index (χ0) is 16.1. The Morgan fingerprint density at radius 1 is 1.00 bits per heavy atom. The van der Waals surface area contributed by atoms with Gasteiger partial charge in [0.15, 0.2) is 0 Å². The number of amides is 1. The number of hydrogen-bond donors (Lipinski definition) is 1. The highest BCUT2D eigenvalue weighted by Crippen LogP contribution is 2.44. The molecule has 0 spiro atoms. The number of rotatable bonds is 6. The molecule has 0 fully saturated rings. The number of carbonyl (C=O) groups excluding carboxylic acids is 1. The smallest absolute Gasteiger partial charge is 0.407 e. The minimum atomic E-state index is -0.332.